The maximum absolute atomic E-state index is 14.8. The van der Waals surface area contributed by atoms with Crippen LogP contribution in [0.1, 0.15) is 22.9 Å². The number of hydrogen-bond acceptors (Lipinski definition) is 2. The molecule has 0 saturated heterocycles. The zero-order chi connectivity index (χ0) is 28.0. The van der Waals surface area contributed by atoms with E-state index in [9.17, 15) is 43.9 Å². The Morgan fingerprint density at radius 3 is 1.71 bits per heavy atom. The molecular formula is C26H14F10OS. The maximum atomic E-state index is 14.8. The first-order valence-electron chi connectivity index (χ1n) is 10.7. The third-order valence-corrected chi connectivity index (χ3v) is 6.73. The van der Waals surface area contributed by atoms with Gasteiger partial charge in [0.05, 0.1) is 0 Å². The number of hydrogen-bond donors (Lipinski definition) is 0. The number of benzene rings is 3. The lowest BCUT2D eigenvalue weighted by atomic mass is 10.00. The Kier molecular flexibility index (Phi) is 7.21. The molecule has 0 amide bonds. The number of thiophene rings is 1. The minimum atomic E-state index is -5.47. The van der Waals surface area contributed by atoms with E-state index in [2.05, 4.69) is 4.74 Å². The van der Waals surface area contributed by atoms with Gasteiger partial charge in [0.25, 0.3) is 0 Å². The van der Waals surface area contributed by atoms with Gasteiger partial charge in [-0.05, 0) is 47.9 Å². The van der Waals surface area contributed by atoms with Gasteiger partial charge in [0.2, 0.25) is 0 Å². The molecule has 4 aromatic rings. The second-order valence-corrected chi connectivity index (χ2v) is 9.18. The molecule has 0 aliphatic carbocycles. The van der Waals surface area contributed by atoms with E-state index in [1.807, 2.05) is 13.0 Å². The fourth-order valence-electron chi connectivity index (χ4n) is 3.71. The lowest BCUT2D eigenvalue weighted by Crippen LogP contribution is -2.25. The summed E-state index contributed by atoms with van der Waals surface area (Å²) >= 11 is 1.42. The molecule has 0 atom stereocenters. The summed E-state index contributed by atoms with van der Waals surface area (Å²) in [4.78, 5) is 1.79. The van der Waals surface area contributed by atoms with Crippen LogP contribution in [0.5, 0.6) is 5.75 Å². The van der Waals surface area contributed by atoms with Crippen molar-refractivity contribution < 1.29 is 48.6 Å². The van der Waals surface area contributed by atoms with Crippen molar-refractivity contribution in [1.82, 2.24) is 0 Å². The van der Waals surface area contributed by atoms with Crippen molar-refractivity contribution in [3.8, 4) is 27.3 Å². The number of alkyl halides is 5. The fraction of sp³-hybridized carbons (Fsp3) is 0.154. The zero-order valence-corrected chi connectivity index (χ0v) is 19.8. The first kappa shape index (κ1) is 27.5. The molecule has 3 aromatic carbocycles. The molecule has 0 aliphatic heterocycles. The van der Waals surface area contributed by atoms with Crippen molar-refractivity contribution in [1.29, 1.82) is 0 Å². The normalized spacial score (nSPS) is 12.2. The first-order chi connectivity index (χ1) is 17.7. The van der Waals surface area contributed by atoms with Crippen molar-refractivity contribution in [3.63, 3.8) is 0 Å². The molecule has 0 radical (unpaired) electrons. The largest absolute Gasteiger partial charge is 0.432 e. The Morgan fingerprint density at radius 1 is 0.658 bits per heavy atom. The van der Waals surface area contributed by atoms with Gasteiger partial charge in [0.15, 0.2) is 0 Å². The van der Waals surface area contributed by atoms with E-state index >= 15 is 0 Å². The average molecular weight is 564 g/mol. The minimum absolute atomic E-state index is 0.196. The molecule has 0 saturated carbocycles. The van der Waals surface area contributed by atoms with Crippen LogP contribution < -0.4 is 4.74 Å². The molecule has 0 aliphatic rings. The highest BCUT2D eigenvalue weighted by Crippen LogP contribution is 2.40. The lowest BCUT2D eigenvalue weighted by molar-refractivity contribution is -0.189. The van der Waals surface area contributed by atoms with Crippen LogP contribution in [0.3, 0.4) is 0 Å². The quantitative estimate of drug-likeness (QED) is 0.212. The summed E-state index contributed by atoms with van der Waals surface area (Å²) in [5, 5.41) is 0. The smallest absolute Gasteiger partial charge is 0.429 e. The average Bonchev–Trinajstić information content (AvgIpc) is 3.26. The SMILES string of the molecule is CCc1ccc(-c2ccc(-c3cc(F)c(C(F)(F)Oc4cc(F)c(C(F)(F)F)c(F)c4)c(F)c3)c(F)c2)s1. The minimum Gasteiger partial charge on any atom is -0.429 e. The van der Waals surface area contributed by atoms with Crippen LogP contribution in [-0.4, -0.2) is 0 Å². The Bertz CT molecular complexity index is 1460. The van der Waals surface area contributed by atoms with Gasteiger partial charge in [-0.2, -0.15) is 22.0 Å². The van der Waals surface area contributed by atoms with Crippen molar-refractivity contribution in [3.05, 3.63) is 99.7 Å². The summed E-state index contributed by atoms with van der Waals surface area (Å²) in [6, 6.07) is 7.88. The molecule has 1 heterocycles. The topological polar surface area (TPSA) is 9.23 Å². The highest BCUT2D eigenvalue weighted by atomic mass is 32.1. The molecule has 200 valence electrons. The Balaban J connectivity index is 1.66. The summed E-state index contributed by atoms with van der Waals surface area (Å²) in [6.07, 6.45) is -9.62. The van der Waals surface area contributed by atoms with Crippen molar-refractivity contribution in [2.24, 2.45) is 0 Å². The monoisotopic (exact) mass is 564 g/mol. The predicted molar refractivity (Wildman–Crippen MR) is 120 cm³/mol. The summed E-state index contributed by atoms with van der Waals surface area (Å²) in [6.45, 7) is 1.95. The van der Waals surface area contributed by atoms with Gasteiger partial charge in [-0.15, -0.1) is 11.3 Å². The zero-order valence-electron chi connectivity index (χ0n) is 19.0. The van der Waals surface area contributed by atoms with Gasteiger partial charge in [0, 0.05) is 27.5 Å². The second-order valence-electron chi connectivity index (χ2n) is 8.01. The fourth-order valence-corrected chi connectivity index (χ4v) is 4.65. The molecular weight excluding hydrogens is 550 g/mol. The summed E-state index contributed by atoms with van der Waals surface area (Å²) in [7, 11) is 0. The number of rotatable bonds is 6. The molecule has 0 bridgehead atoms. The summed E-state index contributed by atoms with van der Waals surface area (Å²) < 4.78 is 143. The number of aryl methyl sites for hydroxylation is 1. The van der Waals surface area contributed by atoms with Gasteiger partial charge >= 0.3 is 12.3 Å². The van der Waals surface area contributed by atoms with Crippen LogP contribution in [0, 0.1) is 29.1 Å². The van der Waals surface area contributed by atoms with Crippen molar-refractivity contribution in [2.45, 2.75) is 25.6 Å². The van der Waals surface area contributed by atoms with E-state index in [0.29, 0.717) is 17.7 Å². The number of halogens is 10. The molecule has 12 heteroatoms. The molecule has 1 aromatic heterocycles. The Hall–Kier alpha value is -3.54. The van der Waals surface area contributed by atoms with E-state index in [4.69, 9.17) is 0 Å². The van der Waals surface area contributed by atoms with Crippen molar-refractivity contribution >= 4 is 11.3 Å². The summed E-state index contributed by atoms with van der Waals surface area (Å²) in [5.74, 6) is -10.7. The van der Waals surface area contributed by atoms with Crippen LogP contribution in [0.15, 0.2) is 54.6 Å². The molecule has 1 nitrogen and oxygen atoms in total. The van der Waals surface area contributed by atoms with Crippen LogP contribution >= 0.6 is 11.3 Å². The van der Waals surface area contributed by atoms with Gasteiger partial charge in [-0.1, -0.05) is 19.1 Å². The third-order valence-electron chi connectivity index (χ3n) is 5.45. The molecule has 0 fully saturated rings. The van der Waals surface area contributed by atoms with Gasteiger partial charge < -0.3 is 4.74 Å². The maximum Gasteiger partial charge on any atom is 0.432 e. The molecule has 0 N–H and O–H groups in total. The van der Waals surface area contributed by atoms with Crippen molar-refractivity contribution in [2.75, 3.05) is 0 Å². The van der Waals surface area contributed by atoms with Gasteiger partial charge in [-0.25, -0.2) is 22.0 Å². The highest BCUT2D eigenvalue weighted by molar-refractivity contribution is 7.15. The van der Waals surface area contributed by atoms with Crippen LogP contribution in [0.25, 0.3) is 21.6 Å². The summed E-state index contributed by atoms with van der Waals surface area (Å²) in [5.41, 5.74) is -4.60. The van der Waals surface area contributed by atoms with E-state index in [0.717, 1.165) is 22.2 Å². The first-order valence-corrected chi connectivity index (χ1v) is 11.5. The van der Waals surface area contributed by atoms with E-state index in [-0.39, 0.29) is 17.7 Å². The van der Waals surface area contributed by atoms with Crippen LogP contribution in [0.4, 0.5) is 43.9 Å². The Labute approximate surface area is 212 Å². The van der Waals surface area contributed by atoms with Gasteiger partial charge in [-0.3, -0.25) is 0 Å². The van der Waals surface area contributed by atoms with Crippen LogP contribution in [0.2, 0.25) is 0 Å². The van der Waals surface area contributed by atoms with E-state index < -0.39 is 63.8 Å². The third kappa shape index (κ3) is 5.35. The predicted octanol–water partition coefficient (Wildman–Crippen LogP) is 9.49. The molecule has 38 heavy (non-hydrogen) atoms. The lowest BCUT2D eigenvalue weighted by Gasteiger charge is -2.21. The Morgan fingerprint density at radius 2 is 1.21 bits per heavy atom. The van der Waals surface area contributed by atoms with E-state index in [1.54, 1.807) is 6.07 Å². The van der Waals surface area contributed by atoms with Crippen LogP contribution in [-0.2, 0) is 18.7 Å². The standard InChI is InChI=1S/C26H14F10OS/c1-2-15-4-6-22(38-15)12-3-5-16(17(27)7-12)13-8-18(28)24(19(29)9-13)26(35,36)37-14-10-20(30)23(21(31)11-14)25(32,33)34/h3-11H,2H2,1H3. The molecule has 4 rings (SSSR count). The second kappa shape index (κ2) is 9.97. The molecule has 0 spiro atoms. The van der Waals surface area contributed by atoms with Gasteiger partial charge in [0.1, 0.15) is 46.0 Å². The number of ether oxygens (including phenoxy) is 1. The van der Waals surface area contributed by atoms with E-state index in [1.165, 1.54) is 23.5 Å². The highest BCUT2D eigenvalue weighted by Gasteiger charge is 2.43. The molecule has 0 unspecified atom stereocenters.